The van der Waals surface area contributed by atoms with Crippen molar-refractivity contribution < 1.29 is 22.4 Å². The molecule has 31 heavy (non-hydrogen) atoms. The number of fused-ring (bicyclic) bond motifs is 1. The first kappa shape index (κ1) is 22.6. The molecule has 0 atom stereocenters. The molecule has 0 unspecified atom stereocenters. The maximum absolute atomic E-state index is 13.2. The summed E-state index contributed by atoms with van der Waals surface area (Å²) in [6, 6.07) is 13.3. The van der Waals surface area contributed by atoms with Crippen LogP contribution in [-0.2, 0) is 0 Å². The van der Waals surface area contributed by atoms with E-state index in [0.717, 1.165) is 4.90 Å². The second-order valence-corrected chi connectivity index (χ2v) is 8.77. The number of carbonyl (C=O) groups excluding carboxylic acids is 1. The second kappa shape index (κ2) is 8.21. The average Bonchev–Trinajstić information content (AvgIpc) is 2.67. The summed E-state index contributed by atoms with van der Waals surface area (Å²) in [4.78, 5) is 26.9. The Morgan fingerprint density at radius 1 is 0.968 bits per heavy atom. The van der Waals surface area contributed by atoms with Crippen LogP contribution in [0.3, 0.4) is 0 Å². The third kappa shape index (κ3) is 5.16. The Morgan fingerprint density at radius 2 is 1.61 bits per heavy atom. The van der Waals surface area contributed by atoms with E-state index in [4.69, 9.17) is 4.42 Å². The molecule has 1 heterocycles. The van der Waals surface area contributed by atoms with E-state index in [-0.39, 0.29) is 34.3 Å². The predicted octanol–water partition coefficient (Wildman–Crippen LogP) is 5.82. The molecule has 4 nitrogen and oxygen atoms in total. The van der Waals surface area contributed by atoms with E-state index >= 15 is 0 Å². The minimum atomic E-state index is -4.56. The summed E-state index contributed by atoms with van der Waals surface area (Å²) in [5.74, 6) is -0.541. The molecule has 0 aliphatic heterocycles. The molecular weight excluding hydrogens is 407 g/mol. The van der Waals surface area contributed by atoms with Crippen molar-refractivity contribution in [2.24, 2.45) is 5.41 Å². The first-order chi connectivity index (χ1) is 14.4. The summed E-state index contributed by atoms with van der Waals surface area (Å²) in [6.07, 6.45) is -4.56. The lowest BCUT2D eigenvalue weighted by Gasteiger charge is -2.30. The number of rotatable bonds is 4. The number of nitrogens with zero attached hydrogens (tertiary/aromatic N) is 1. The zero-order valence-electron chi connectivity index (χ0n) is 17.8. The number of para-hydroxylation sites is 1. The minimum Gasteiger partial charge on any atom is -0.455 e. The Bertz CT molecular complexity index is 1140. The van der Waals surface area contributed by atoms with E-state index in [2.05, 4.69) is 0 Å². The fourth-order valence-corrected chi connectivity index (χ4v) is 3.50. The molecular formula is C24H24F3NO3. The van der Waals surface area contributed by atoms with Gasteiger partial charge < -0.3 is 9.32 Å². The third-order valence-corrected chi connectivity index (χ3v) is 4.73. The van der Waals surface area contributed by atoms with Crippen molar-refractivity contribution in [3.05, 3.63) is 69.9 Å². The highest BCUT2D eigenvalue weighted by molar-refractivity contribution is 6.05. The number of halogens is 3. The number of alkyl halides is 3. The van der Waals surface area contributed by atoms with Gasteiger partial charge in [-0.3, -0.25) is 9.59 Å². The molecule has 164 valence electrons. The molecule has 7 heteroatoms. The van der Waals surface area contributed by atoms with Gasteiger partial charge in [0.25, 0.3) is 5.91 Å². The summed E-state index contributed by atoms with van der Waals surface area (Å²) in [5.41, 5.74) is 0.0440. The molecule has 1 aromatic heterocycles. The van der Waals surface area contributed by atoms with Gasteiger partial charge in [-0.1, -0.05) is 57.2 Å². The van der Waals surface area contributed by atoms with Crippen LogP contribution in [0.5, 0.6) is 0 Å². The van der Waals surface area contributed by atoms with Crippen LogP contribution in [0.25, 0.3) is 22.3 Å². The Hall–Kier alpha value is -3.09. The molecule has 0 saturated carbocycles. The van der Waals surface area contributed by atoms with E-state index in [9.17, 15) is 22.8 Å². The molecule has 3 rings (SSSR count). The zero-order chi connectivity index (χ0) is 23.0. The fraction of sp³-hybridized carbons (Fsp3) is 0.333. The molecule has 0 aliphatic rings. The van der Waals surface area contributed by atoms with Crippen LogP contribution < -0.4 is 5.43 Å². The lowest BCUT2D eigenvalue weighted by atomic mass is 9.95. The monoisotopic (exact) mass is 431 g/mol. The third-order valence-electron chi connectivity index (χ3n) is 4.73. The fourth-order valence-electron chi connectivity index (χ4n) is 3.50. The highest BCUT2D eigenvalue weighted by Crippen LogP contribution is 2.29. The van der Waals surface area contributed by atoms with Gasteiger partial charge in [-0.2, -0.15) is 13.2 Å². The van der Waals surface area contributed by atoms with Crippen LogP contribution in [0, 0.1) is 12.3 Å². The SMILES string of the molecule is Cc1c(-c2ccccc2)oc2c(C(=O)N(CC(C)(C)C)CC(F)(F)F)cccc2c1=O. The lowest BCUT2D eigenvalue weighted by Crippen LogP contribution is -2.43. The van der Waals surface area contributed by atoms with E-state index < -0.39 is 24.0 Å². The zero-order valence-corrected chi connectivity index (χ0v) is 17.8. The number of benzene rings is 2. The number of carbonyl (C=O) groups is 1. The second-order valence-electron chi connectivity index (χ2n) is 8.77. The van der Waals surface area contributed by atoms with Crippen LogP contribution >= 0.6 is 0 Å². The van der Waals surface area contributed by atoms with Gasteiger partial charge in [-0.25, -0.2) is 0 Å². The molecule has 2 aromatic carbocycles. The molecule has 0 aliphatic carbocycles. The van der Waals surface area contributed by atoms with Crippen molar-refractivity contribution in [3.8, 4) is 11.3 Å². The maximum Gasteiger partial charge on any atom is 0.406 e. The van der Waals surface area contributed by atoms with Crippen LogP contribution in [0.15, 0.2) is 57.7 Å². The molecule has 1 amide bonds. The Labute approximate surface area is 178 Å². The molecule has 0 fully saturated rings. The Morgan fingerprint density at radius 3 is 2.19 bits per heavy atom. The molecule has 0 saturated heterocycles. The largest absolute Gasteiger partial charge is 0.455 e. The van der Waals surface area contributed by atoms with Crippen LogP contribution in [-0.4, -0.2) is 30.1 Å². The normalized spacial score (nSPS) is 12.2. The Balaban J connectivity index is 2.20. The molecule has 0 bridgehead atoms. The van der Waals surface area contributed by atoms with Crippen molar-refractivity contribution in [2.45, 2.75) is 33.9 Å². The average molecular weight is 431 g/mol. The van der Waals surface area contributed by atoms with Gasteiger partial charge in [0, 0.05) is 17.7 Å². The van der Waals surface area contributed by atoms with Crippen molar-refractivity contribution in [3.63, 3.8) is 0 Å². The van der Waals surface area contributed by atoms with Crippen molar-refractivity contribution in [1.29, 1.82) is 0 Å². The summed E-state index contributed by atoms with van der Waals surface area (Å²) in [6.45, 7) is 5.39. The maximum atomic E-state index is 13.2. The minimum absolute atomic E-state index is 0.0111. The van der Waals surface area contributed by atoms with E-state index in [1.807, 2.05) is 6.07 Å². The summed E-state index contributed by atoms with van der Waals surface area (Å²) >= 11 is 0. The van der Waals surface area contributed by atoms with Crippen LogP contribution in [0.2, 0.25) is 0 Å². The van der Waals surface area contributed by atoms with E-state index in [0.29, 0.717) is 11.1 Å². The van der Waals surface area contributed by atoms with Gasteiger partial charge >= 0.3 is 6.18 Å². The number of hydrogen-bond donors (Lipinski definition) is 0. The first-order valence-electron chi connectivity index (χ1n) is 9.85. The Kier molecular flexibility index (Phi) is 5.98. The lowest BCUT2D eigenvalue weighted by molar-refractivity contribution is -0.142. The van der Waals surface area contributed by atoms with Crippen LogP contribution in [0.4, 0.5) is 13.2 Å². The van der Waals surface area contributed by atoms with Crippen molar-refractivity contribution in [2.75, 3.05) is 13.1 Å². The van der Waals surface area contributed by atoms with E-state index in [1.54, 1.807) is 52.0 Å². The molecule has 0 spiro atoms. The van der Waals surface area contributed by atoms with Gasteiger partial charge in [0.2, 0.25) is 0 Å². The molecule has 0 radical (unpaired) electrons. The van der Waals surface area contributed by atoms with E-state index in [1.165, 1.54) is 18.2 Å². The summed E-state index contributed by atoms with van der Waals surface area (Å²) in [5, 5.41) is 0.158. The standard InChI is InChI=1S/C24H24F3NO3/c1-15-19(29)17-11-8-12-18(21(17)31-20(15)16-9-6-5-7-10-16)22(30)28(13-23(2,3)4)14-24(25,26)27/h5-12H,13-14H2,1-4H3. The quantitative estimate of drug-likeness (QED) is 0.523. The first-order valence-corrected chi connectivity index (χ1v) is 9.85. The summed E-state index contributed by atoms with van der Waals surface area (Å²) < 4.78 is 45.6. The summed E-state index contributed by atoms with van der Waals surface area (Å²) in [7, 11) is 0. The van der Waals surface area contributed by atoms with Gasteiger partial charge in [-0.15, -0.1) is 0 Å². The topological polar surface area (TPSA) is 50.5 Å². The smallest absolute Gasteiger partial charge is 0.406 e. The van der Waals surface area contributed by atoms with Crippen molar-refractivity contribution >= 4 is 16.9 Å². The highest BCUT2D eigenvalue weighted by Gasteiger charge is 2.36. The molecule has 0 N–H and O–H groups in total. The van der Waals surface area contributed by atoms with Gasteiger partial charge in [0.15, 0.2) is 11.0 Å². The van der Waals surface area contributed by atoms with Gasteiger partial charge in [0.1, 0.15) is 12.3 Å². The van der Waals surface area contributed by atoms with Gasteiger partial charge in [-0.05, 0) is 24.5 Å². The molecule has 3 aromatic rings. The van der Waals surface area contributed by atoms with Crippen molar-refractivity contribution in [1.82, 2.24) is 4.90 Å². The predicted molar refractivity (Wildman–Crippen MR) is 114 cm³/mol. The van der Waals surface area contributed by atoms with Gasteiger partial charge in [0.05, 0.1) is 10.9 Å². The number of amides is 1. The van der Waals surface area contributed by atoms with Crippen LogP contribution in [0.1, 0.15) is 36.7 Å². The highest BCUT2D eigenvalue weighted by atomic mass is 19.4. The number of hydrogen-bond acceptors (Lipinski definition) is 3.